The summed E-state index contributed by atoms with van der Waals surface area (Å²) < 4.78 is 5.33. The van der Waals surface area contributed by atoms with Gasteiger partial charge in [0.1, 0.15) is 0 Å². The van der Waals surface area contributed by atoms with Crippen LogP contribution in [0.25, 0.3) is 11.4 Å². The maximum absolute atomic E-state index is 6.26. The Labute approximate surface area is 117 Å². The molecule has 2 N–H and O–H groups in total. The van der Waals surface area contributed by atoms with Gasteiger partial charge in [-0.1, -0.05) is 19.0 Å². The Morgan fingerprint density at radius 1 is 1.21 bits per heavy atom. The Hall–Kier alpha value is -1.33. The molecule has 0 bridgehead atoms. The summed E-state index contributed by atoms with van der Waals surface area (Å²) in [5.41, 5.74) is 6.68. The first-order valence-corrected chi connectivity index (χ1v) is 7.63. The van der Waals surface area contributed by atoms with E-state index in [0.717, 1.165) is 18.4 Å². The van der Waals surface area contributed by atoms with Gasteiger partial charge in [0.25, 0.3) is 0 Å². The number of thioether (sulfide) groups is 1. The third-order valence-electron chi connectivity index (χ3n) is 3.46. The zero-order valence-electron chi connectivity index (χ0n) is 11.5. The minimum Gasteiger partial charge on any atom is -0.337 e. The van der Waals surface area contributed by atoms with Crippen LogP contribution in [0.4, 0.5) is 0 Å². The second-order valence-electron chi connectivity index (χ2n) is 4.51. The molecule has 4 nitrogen and oxygen atoms in total. The summed E-state index contributed by atoms with van der Waals surface area (Å²) >= 11 is 1.71. The largest absolute Gasteiger partial charge is 0.337 e. The Morgan fingerprint density at radius 3 is 2.37 bits per heavy atom. The normalized spacial score (nSPS) is 11.8. The van der Waals surface area contributed by atoms with Gasteiger partial charge in [-0.05, 0) is 43.4 Å². The van der Waals surface area contributed by atoms with Crippen molar-refractivity contribution in [3.05, 3.63) is 30.2 Å². The second kappa shape index (κ2) is 5.75. The van der Waals surface area contributed by atoms with Crippen LogP contribution in [0.15, 0.2) is 33.7 Å². The zero-order valence-corrected chi connectivity index (χ0v) is 12.3. The molecule has 1 aromatic heterocycles. The lowest BCUT2D eigenvalue weighted by molar-refractivity contribution is 0.268. The molecule has 0 atom stereocenters. The molecule has 2 aromatic rings. The fraction of sp³-hybridized carbons (Fsp3) is 0.429. The number of hydrogen-bond donors (Lipinski definition) is 1. The van der Waals surface area contributed by atoms with Crippen LogP contribution in [0.5, 0.6) is 0 Å². The van der Waals surface area contributed by atoms with E-state index in [1.807, 2.05) is 44.4 Å². The van der Waals surface area contributed by atoms with Crippen molar-refractivity contribution in [2.45, 2.75) is 37.1 Å². The minimum absolute atomic E-state index is 0.515. The average Bonchev–Trinajstić information content (AvgIpc) is 2.97. The van der Waals surface area contributed by atoms with Crippen molar-refractivity contribution < 1.29 is 4.52 Å². The summed E-state index contributed by atoms with van der Waals surface area (Å²) in [7, 11) is 0. The lowest BCUT2D eigenvalue weighted by atomic mass is 9.94. The van der Waals surface area contributed by atoms with Crippen molar-refractivity contribution in [3.8, 4) is 11.4 Å². The Morgan fingerprint density at radius 2 is 1.84 bits per heavy atom. The summed E-state index contributed by atoms with van der Waals surface area (Å²) in [6, 6.07) is 8.09. The van der Waals surface area contributed by atoms with Crippen molar-refractivity contribution in [1.29, 1.82) is 0 Å². The summed E-state index contributed by atoms with van der Waals surface area (Å²) in [5.74, 6) is 1.11. The molecular formula is C14H19N3OS. The highest BCUT2D eigenvalue weighted by Crippen LogP contribution is 2.27. The van der Waals surface area contributed by atoms with Crippen LogP contribution in [-0.4, -0.2) is 16.4 Å². The van der Waals surface area contributed by atoms with Crippen LogP contribution in [0, 0.1) is 0 Å². The molecule has 19 heavy (non-hydrogen) atoms. The lowest BCUT2D eigenvalue weighted by Crippen LogP contribution is -2.35. The lowest BCUT2D eigenvalue weighted by Gasteiger charge is -2.20. The van der Waals surface area contributed by atoms with Crippen LogP contribution >= 0.6 is 11.8 Å². The topological polar surface area (TPSA) is 64.9 Å². The molecule has 5 heteroatoms. The maximum Gasteiger partial charge on any atom is 0.247 e. The van der Waals surface area contributed by atoms with Gasteiger partial charge in [-0.3, -0.25) is 0 Å². The maximum atomic E-state index is 6.26. The van der Waals surface area contributed by atoms with Gasteiger partial charge in [0, 0.05) is 10.5 Å². The fourth-order valence-electron chi connectivity index (χ4n) is 1.84. The summed E-state index contributed by atoms with van der Waals surface area (Å²) in [6.45, 7) is 4.06. The second-order valence-corrected chi connectivity index (χ2v) is 5.39. The van der Waals surface area contributed by atoms with Crippen LogP contribution in [0.2, 0.25) is 0 Å². The number of nitrogens with zero attached hydrogens (tertiary/aromatic N) is 2. The quantitative estimate of drug-likeness (QED) is 0.848. The number of hydrogen-bond acceptors (Lipinski definition) is 5. The van der Waals surface area contributed by atoms with Crippen molar-refractivity contribution in [3.63, 3.8) is 0 Å². The highest BCUT2D eigenvalue weighted by atomic mass is 32.2. The molecule has 102 valence electrons. The molecule has 0 aliphatic carbocycles. The average molecular weight is 277 g/mol. The van der Waals surface area contributed by atoms with Gasteiger partial charge in [-0.25, -0.2) is 0 Å². The fourth-order valence-corrected chi connectivity index (χ4v) is 2.24. The van der Waals surface area contributed by atoms with Gasteiger partial charge in [-0.15, -0.1) is 11.8 Å². The van der Waals surface area contributed by atoms with Crippen LogP contribution in [-0.2, 0) is 5.54 Å². The molecule has 0 aliphatic heterocycles. The van der Waals surface area contributed by atoms with Gasteiger partial charge in [0.2, 0.25) is 11.7 Å². The van der Waals surface area contributed by atoms with Crippen LogP contribution in [0.3, 0.4) is 0 Å². The third kappa shape index (κ3) is 2.82. The number of nitrogens with two attached hydrogens (primary N) is 1. The summed E-state index contributed by atoms with van der Waals surface area (Å²) in [5, 5.41) is 4.03. The smallest absolute Gasteiger partial charge is 0.247 e. The molecule has 0 amide bonds. The summed E-state index contributed by atoms with van der Waals surface area (Å²) in [6.07, 6.45) is 3.60. The highest BCUT2D eigenvalue weighted by Gasteiger charge is 2.30. The Kier molecular flexibility index (Phi) is 4.27. The monoisotopic (exact) mass is 277 g/mol. The molecule has 0 aliphatic rings. The molecule has 0 saturated carbocycles. The predicted molar refractivity (Wildman–Crippen MR) is 78.0 cm³/mol. The van der Waals surface area contributed by atoms with Crippen LogP contribution < -0.4 is 5.73 Å². The van der Waals surface area contributed by atoms with Crippen LogP contribution in [0.1, 0.15) is 32.6 Å². The molecule has 0 radical (unpaired) electrons. The number of rotatable bonds is 5. The first-order chi connectivity index (χ1) is 9.12. The SMILES string of the molecule is CCC(N)(CC)c1nc(-c2ccc(SC)cc2)no1. The molecule has 0 unspecified atom stereocenters. The van der Waals surface area contributed by atoms with E-state index in [9.17, 15) is 0 Å². The predicted octanol–water partition coefficient (Wildman–Crippen LogP) is 3.43. The van der Waals surface area contributed by atoms with Gasteiger partial charge in [-0.2, -0.15) is 4.98 Å². The van der Waals surface area contributed by atoms with E-state index < -0.39 is 5.54 Å². The van der Waals surface area contributed by atoms with E-state index in [2.05, 4.69) is 10.1 Å². The Balaban J connectivity index is 2.29. The third-order valence-corrected chi connectivity index (χ3v) is 4.21. The van der Waals surface area contributed by atoms with Gasteiger partial charge < -0.3 is 10.3 Å². The molecule has 0 fully saturated rings. The number of aromatic nitrogens is 2. The van der Waals surface area contributed by atoms with E-state index in [1.54, 1.807) is 11.8 Å². The van der Waals surface area contributed by atoms with Gasteiger partial charge in [0.05, 0.1) is 5.54 Å². The molecule has 0 saturated heterocycles. The zero-order chi connectivity index (χ0) is 13.9. The van der Waals surface area contributed by atoms with E-state index in [1.165, 1.54) is 4.90 Å². The van der Waals surface area contributed by atoms with Crippen molar-refractivity contribution in [1.82, 2.24) is 10.1 Å². The molecular weight excluding hydrogens is 258 g/mol. The van der Waals surface area contributed by atoms with Gasteiger partial charge in [0.15, 0.2) is 0 Å². The first kappa shape index (κ1) is 14.1. The van der Waals surface area contributed by atoms with Crippen molar-refractivity contribution in [2.24, 2.45) is 5.73 Å². The first-order valence-electron chi connectivity index (χ1n) is 6.40. The molecule has 1 heterocycles. The van der Waals surface area contributed by atoms with Gasteiger partial charge >= 0.3 is 0 Å². The van der Waals surface area contributed by atoms with E-state index in [4.69, 9.17) is 10.3 Å². The molecule has 2 rings (SSSR count). The van der Waals surface area contributed by atoms with E-state index in [-0.39, 0.29) is 0 Å². The number of benzene rings is 1. The van der Waals surface area contributed by atoms with Crippen molar-refractivity contribution in [2.75, 3.05) is 6.26 Å². The van der Waals surface area contributed by atoms with E-state index in [0.29, 0.717) is 11.7 Å². The summed E-state index contributed by atoms with van der Waals surface area (Å²) in [4.78, 5) is 5.65. The van der Waals surface area contributed by atoms with Crippen molar-refractivity contribution >= 4 is 11.8 Å². The molecule has 1 aromatic carbocycles. The van der Waals surface area contributed by atoms with E-state index >= 15 is 0 Å². The highest BCUT2D eigenvalue weighted by molar-refractivity contribution is 7.98. The standard InChI is InChI=1S/C14H19N3OS/c1-4-14(15,5-2)13-16-12(17-18-13)10-6-8-11(19-3)9-7-10/h6-9H,4-5,15H2,1-3H3. The minimum atomic E-state index is -0.523. The molecule has 0 spiro atoms. The Bertz CT molecular complexity index is 532.